The van der Waals surface area contributed by atoms with Crippen LogP contribution in [0.2, 0.25) is 0 Å². The number of amides is 1. The zero-order valence-electron chi connectivity index (χ0n) is 14.1. The van der Waals surface area contributed by atoms with Crippen LogP contribution in [0.4, 0.5) is 18.0 Å². The first kappa shape index (κ1) is 19.1. The van der Waals surface area contributed by atoms with Crippen molar-refractivity contribution in [2.75, 3.05) is 13.1 Å². The topological polar surface area (TPSA) is 66.8 Å². The summed E-state index contributed by atoms with van der Waals surface area (Å²) in [6, 6.07) is 4.37. The molecule has 1 amide bonds. The molecule has 5 nitrogen and oxygen atoms in total. The highest BCUT2D eigenvalue weighted by molar-refractivity contribution is 5.76. The Hall–Kier alpha value is -2.25. The van der Waals surface area contributed by atoms with Crippen LogP contribution in [0.5, 0.6) is 0 Å². The molecule has 1 fully saturated rings. The van der Waals surface area contributed by atoms with E-state index in [-0.39, 0.29) is 13.1 Å². The quantitative estimate of drug-likeness (QED) is 0.874. The molecule has 1 unspecified atom stereocenters. The van der Waals surface area contributed by atoms with Gasteiger partial charge in [-0.2, -0.15) is 13.2 Å². The minimum Gasteiger partial charge on any atom is -0.481 e. The minimum absolute atomic E-state index is 0.0457. The third kappa shape index (κ3) is 4.64. The first-order chi connectivity index (χ1) is 11.4. The lowest BCUT2D eigenvalue weighted by molar-refractivity contribution is -0.141. The van der Waals surface area contributed by atoms with Crippen LogP contribution in [0.1, 0.15) is 37.8 Å². The van der Waals surface area contributed by atoms with Crippen LogP contribution in [0.3, 0.4) is 0 Å². The minimum atomic E-state index is -4.46. The fourth-order valence-electron chi connectivity index (χ4n) is 2.79. The molecule has 138 valence electrons. The van der Waals surface area contributed by atoms with E-state index in [0.29, 0.717) is 5.56 Å². The smallest absolute Gasteiger partial charge is 0.416 e. The van der Waals surface area contributed by atoms with Crippen molar-refractivity contribution in [3.05, 3.63) is 35.4 Å². The molecule has 1 aliphatic heterocycles. The summed E-state index contributed by atoms with van der Waals surface area (Å²) in [6.07, 6.45) is -5.09. The van der Waals surface area contributed by atoms with Gasteiger partial charge in [-0.3, -0.25) is 4.79 Å². The van der Waals surface area contributed by atoms with Gasteiger partial charge in [-0.15, -0.1) is 0 Å². The van der Waals surface area contributed by atoms with Crippen LogP contribution in [-0.4, -0.2) is 40.8 Å². The lowest BCUT2D eigenvalue weighted by Crippen LogP contribution is -2.35. The van der Waals surface area contributed by atoms with Gasteiger partial charge in [0, 0.05) is 19.0 Å². The number of benzene rings is 1. The van der Waals surface area contributed by atoms with E-state index in [2.05, 4.69) is 0 Å². The Balaban J connectivity index is 2.21. The highest BCUT2D eigenvalue weighted by Crippen LogP contribution is 2.36. The SMILES string of the molecule is CC(C)(C)OC(=O)N1CC(C(=O)O)[C@H](c2ccc(C(F)(F)F)cc2)C1. The van der Waals surface area contributed by atoms with Gasteiger partial charge in [0.05, 0.1) is 11.5 Å². The first-order valence-corrected chi connectivity index (χ1v) is 7.76. The van der Waals surface area contributed by atoms with E-state index in [1.54, 1.807) is 20.8 Å². The largest absolute Gasteiger partial charge is 0.481 e. The molecular formula is C17H20F3NO4. The van der Waals surface area contributed by atoms with Gasteiger partial charge in [0.25, 0.3) is 0 Å². The van der Waals surface area contributed by atoms with Gasteiger partial charge in [0.2, 0.25) is 0 Å². The van der Waals surface area contributed by atoms with Crippen molar-refractivity contribution in [2.24, 2.45) is 5.92 Å². The summed E-state index contributed by atoms with van der Waals surface area (Å²) in [6.45, 7) is 5.13. The van der Waals surface area contributed by atoms with Gasteiger partial charge >= 0.3 is 18.2 Å². The fourth-order valence-corrected chi connectivity index (χ4v) is 2.79. The number of halogens is 3. The summed E-state index contributed by atoms with van der Waals surface area (Å²) < 4.78 is 43.2. The van der Waals surface area contributed by atoms with Crippen molar-refractivity contribution in [1.29, 1.82) is 0 Å². The maximum absolute atomic E-state index is 12.7. The van der Waals surface area contributed by atoms with Crippen LogP contribution < -0.4 is 0 Å². The van der Waals surface area contributed by atoms with Crippen molar-refractivity contribution in [3.63, 3.8) is 0 Å². The third-order valence-electron chi connectivity index (χ3n) is 3.95. The molecular weight excluding hydrogens is 339 g/mol. The molecule has 1 aromatic carbocycles. The predicted octanol–water partition coefficient (Wildman–Crippen LogP) is 3.74. The number of rotatable bonds is 2. The summed E-state index contributed by atoms with van der Waals surface area (Å²) in [5, 5.41) is 9.40. The number of hydrogen-bond acceptors (Lipinski definition) is 3. The molecule has 1 aliphatic rings. The molecule has 1 N–H and O–H groups in total. The number of carbonyl (C=O) groups is 2. The van der Waals surface area contributed by atoms with Crippen LogP contribution in [0, 0.1) is 5.92 Å². The fraction of sp³-hybridized carbons (Fsp3) is 0.529. The maximum atomic E-state index is 12.7. The molecule has 0 saturated carbocycles. The zero-order valence-corrected chi connectivity index (χ0v) is 14.1. The average molecular weight is 359 g/mol. The van der Waals surface area contributed by atoms with Crippen LogP contribution in [0.25, 0.3) is 0 Å². The number of carboxylic acid groups (broad SMARTS) is 1. The number of alkyl halides is 3. The van der Waals surface area contributed by atoms with Crippen molar-refractivity contribution >= 4 is 12.1 Å². The molecule has 1 heterocycles. The summed E-state index contributed by atoms with van der Waals surface area (Å²) in [5.41, 5.74) is -1.07. The Bertz CT molecular complexity index is 649. The molecule has 8 heteroatoms. The Kier molecular flexibility index (Phi) is 5.02. The highest BCUT2D eigenvalue weighted by Gasteiger charge is 2.42. The van der Waals surface area contributed by atoms with Crippen LogP contribution in [0.15, 0.2) is 24.3 Å². The summed E-state index contributed by atoms with van der Waals surface area (Å²) >= 11 is 0. The van der Waals surface area contributed by atoms with E-state index < -0.39 is 41.2 Å². The van der Waals surface area contributed by atoms with Crippen molar-refractivity contribution in [3.8, 4) is 0 Å². The Morgan fingerprint density at radius 2 is 1.68 bits per heavy atom. The second-order valence-corrected chi connectivity index (χ2v) is 7.06. The lowest BCUT2D eigenvalue weighted by Gasteiger charge is -2.24. The normalized spacial score (nSPS) is 21.3. The molecule has 0 radical (unpaired) electrons. The standard InChI is InChI=1S/C17H20F3NO4/c1-16(2,3)25-15(24)21-8-12(13(9-21)14(22)23)10-4-6-11(7-5-10)17(18,19)20/h4-7,12-13H,8-9H2,1-3H3,(H,22,23)/t12-,13?/m0/s1. The van der Waals surface area contributed by atoms with E-state index in [4.69, 9.17) is 4.74 Å². The van der Waals surface area contributed by atoms with E-state index in [9.17, 15) is 27.9 Å². The zero-order chi connectivity index (χ0) is 19.0. The number of ether oxygens (including phenoxy) is 1. The van der Waals surface area contributed by atoms with Crippen molar-refractivity contribution < 1.29 is 32.6 Å². The molecule has 0 aromatic heterocycles. The van der Waals surface area contributed by atoms with E-state index in [1.807, 2.05) is 0 Å². The molecule has 1 saturated heterocycles. The molecule has 2 rings (SSSR count). The second kappa shape index (κ2) is 6.57. The van der Waals surface area contributed by atoms with Crippen LogP contribution >= 0.6 is 0 Å². The van der Waals surface area contributed by atoms with Crippen molar-refractivity contribution in [1.82, 2.24) is 4.90 Å². The predicted molar refractivity (Wildman–Crippen MR) is 83.1 cm³/mol. The monoisotopic (exact) mass is 359 g/mol. The second-order valence-electron chi connectivity index (χ2n) is 7.06. The lowest BCUT2D eigenvalue weighted by atomic mass is 9.88. The highest BCUT2D eigenvalue weighted by atomic mass is 19.4. The first-order valence-electron chi connectivity index (χ1n) is 7.76. The van der Waals surface area contributed by atoms with Gasteiger partial charge in [-0.25, -0.2) is 4.79 Å². The number of nitrogens with zero attached hydrogens (tertiary/aromatic N) is 1. The van der Waals surface area contributed by atoms with E-state index in [0.717, 1.165) is 12.1 Å². The van der Waals surface area contributed by atoms with Gasteiger partial charge in [0.1, 0.15) is 5.60 Å². The van der Waals surface area contributed by atoms with Gasteiger partial charge in [-0.1, -0.05) is 12.1 Å². The number of aliphatic carboxylic acids is 1. The van der Waals surface area contributed by atoms with Gasteiger partial charge in [-0.05, 0) is 38.5 Å². The number of likely N-dealkylation sites (tertiary alicyclic amines) is 1. The summed E-state index contributed by atoms with van der Waals surface area (Å²) in [4.78, 5) is 24.9. The van der Waals surface area contributed by atoms with Crippen molar-refractivity contribution in [2.45, 2.75) is 38.5 Å². The molecule has 0 bridgehead atoms. The maximum Gasteiger partial charge on any atom is 0.416 e. The Morgan fingerprint density at radius 1 is 1.12 bits per heavy atom. The Labute approximate surface area is 143 Å². The number of carboxylic acids is 1. The van der Waals surface area contributed by atoms with Crippen LogP contribution in [-0.2, 0) is 15.7 Å². The third-order valence-corrected chi connectivity index (χ3v) is 3.95. The summed E-state index contributed by atoms with van der Waals surface area (Å²) in [7, 11) is 0. The molecule has 0 aliphatic carbocycles. The molecule has 1 aromatic rings. The summed E-state index contributed by atoms with van der Waals surface area (Å²) in [5.74, 6) is -2.59. The average Bonchev–Trinajstić information content (AvgIpc) is 2.90. The number of hydrogen-bond donors (Lipinski definition) is 1. The van der Waals surface area contributed by atoms with Gasteiger partial charge < -0.3 is 14.7 Å². The molecule has 0 spiro atoms. The van der Waals surface area contributed by atoms with E-state index in [1.165, 1.54) is 17.0 Å². The van der Waals surface area contributed by atoms with E-state index >= 15 is 0 Å². The molecule has 25 heavy (non-hydrogen) atoms. The Morgan fingerprint density at radius 3 is 2.12 bits per heavy atom. The van der Waals surface area contributed by atoms with Gasteiger partial charge in [0.15, 0.2) is 0 Å². The molecule has 2 atom stereocenters. The number of carbonyl (C=O) groups excluding carboxylic acids is 1.